The number of rotatable bonds is 5. The molecule has 0 heterocycles. The van der Waals surface area contributed by atoms with Crippen LogP contribution in [0.25, 0.3) is 10.8 Å². The maximum absolute atomic E-state index is 12.0. The van der Waals surface area contributed by atoms with Crippen LogP contribution in [0.2, 0.25) is 0 Å². The summed E-state index contributed by atoms with van der Waals surface area (Å²) in [5.74, 6) is 0.0839. The Hall–Kier alpha value is -1.58. The highest BCUT2D eigenvalue weighted by molar-refractivity contribution is 5.85. The Bertz CT molecular complexity index is 600. The zero-order chi connectivity index (χ0) is 14.5. The van der Waals surface area contributed by atoms with Gasteiger partial charge in [0.25, 0.3) is 0 Å². The number of fused-ring (bicyclic) bond motifs is 1. The Morgan fingerprint density at radius 1 is 1.19 bits per heavy atom. The highest BCUT2D eigenvalue weighted by atomic mass is 35.5. The summed E-state index contributed by atoms with van der Waals surface area (Å²) in [7, 11) is 0. The van der Waals surface area contributed by atoms with Crippen molar-refractivity contribution < 1.29 is 4.79 Å². The van der Waals surface area contributed by atoms with Gasteiger partial charge in [0.15, 0.2) is 0 Å². The molecule has 3 nitrogen and oxygen atoms in total. The smallest absolute Gasteiger partial charge is 0.223 e. The Morgan fingerprint density at radius 3 is 2.48 bits per heavy atom. The van der Waals surface area contributed by atoms with Crippen molar-refractivity contribution in [1.29, 1.82) is 0 Å². The topological polar surface area (TPSA) is 55.1 Å². The molecule has 0 bridgehead atoms. The number of nitrogens with one attached hydrogen (secondary N) is 1. The number of amides is 1. The van der Waals surface area contributed by atoms with Crippen molar-refractivity contribution in [2.75, 3.05) is 6.54 Å². The molecule has 0 aliphatic heterocycles. The molecule has 2 rings (SSSR count). The predicted molar refractivity (Wildman–Crippen MR) is 90.6 cm³/mol. The number of carbonyl (C=O) groups is 1. The van der Waals surface area contributed by atoms with Gasteiger partial charge in [-0.25, -0.2) is 0 Å². The molecule has 4 heteroatoms. The standard InChI is InChI=1S/C17H22N2O.ClH/c1-3-12(2)17(20)19-16(11-18)15-9-8-13-6-4-5-7-14(13)10-15;/h4-10,12,16H,3,11,18H2,1-2H3,(H,19,20);1H. The van der Waals surface area contributed by atoms with E-state index >= 15 is 0 Å². The lowest BCUT2D eigenvalue weighted by atomic mass is 10.0. The molecular formula is C17H23ClN2O. The van der Waals surface area contributed by atoms with Gasteiger partial charge in [0.1, 0.15) is 0 Å². The monoisotopic (exact) mass is 306 g/mol. The lowest BCUT2D eigenvalue weighted by molar-refractivity contribution is -0.125. The Kier molecular flexibility index (Phi) is 6.66. The first-order chi connectivity index (χ1) is 9.65. The van der Waals surface area contributed by atoms with Crippen LogP contribution in [0.1, 0.15) is 31.9 Å². The minimum atomic E-state index is -0.124. The molecule has 2 aromatic rings. The summed E-state index contributed by atoms with van der Waals surface area (Å²) in [4.78, 5) is 12.0. The van der Waals surface area contributed by atoms with E-state index in [0.717, 1.165) is 12.0 Å². The lowest BCUT2D eigenvalue weighted by Crippen LogP contribution is -2.36. The van der Waals surface area contributed by atoms with Crippen LogP contribution in [0, 0.1) is 5.92 Å². The molecule has 0 aliphatic rings. The van der Waals surface area contributed by atoms with Crippen molar-refractivity contribution in [3.63, 3.8) is 0 Å². The summed E-state index contributed by atoms with van der Waals surface area (Å²) in [6, 6.07) is 14.3. The normalized spacial score (nSPS) is 13.3. The molecule has 2 aromatic carbocycles. The van der Waals surface area contributed by atoms with Crippen molar-refractivity contribution in [2.24, 2.45) is 11.7 Å². The van der Waals surface area contributed by atoms with Gasteiger partial charge < -0.3 is 11.1 Å². The quantitative estimate of drug-likeness (QED) is 0.889. The largest absolute Gasteiger partial charge is 0.348 e. The van der Waals surface area contributed by atoms with Gasteiger partial charge in [0.05, 0.1) is 6.04 Å². The highest BCUT2D eigenvalue weighted by Gasteiger charge is 2.16. The molecule has 0 fully saturated rings. The van der Waals surface area contributed by atoms with E-state index in [9.17, 15) is 4.79 Å². The fourth-order valence-electron chi connectivity index (χ4n) is 2.20. The third-order valence-electron chi connectivity index (χ3n) is 3.79. The van der Waals surface area contributed by atoms with Crippen LogP contribution >= 0.6 is 12.4 Å². The Balaban J connectivity index is 0.00000220. The summed E-state index contributed by atoms with van der Waals surface area (Å²) in [6.45, 7) is 4.35. The van der Waals surface area contributed by atoms with Crippen LogP contribution in [0.4, 0.5) is 0 Å². The molecule has 0 saturated carbocycles. The van der Waals surface area contributed by atoms with E-state index in [1.54, 1.807) is 0 Å². The molecule has 2 atom stereocenters. The third-order valence-corrected chi connectivity index (χ3v) is 3.79. The zero-order valence-corrected chi connectivity index (χ0v) is 13.3. The van der Waals surface area contributed by atoms with E-state index in [-0.39, 0.29) is 30.3 Å². The minimum absolute atomic E-state index is 0. The molecule has 0 aromatic heterocycles. The van der Waals surface area contributed by atoms with Crippen molar-refractivity contribution in [2.45, 2.75) is 26.3 Å². The third kappa shape index (κ3) is 4.19. The summed E-state index contributed by atoms with van der Waals surface area (Å²) < 4.78 is 0. The van der Waals surface area contributed by atoms with Crippen molar-refractivity contribution in [1.82, 2.24) is 5.32 Å². The molecule has 0 radical (unpaired) electrons. The molecule has 0 aliphatic carbocycles. The maximum Gasteiger partial charge on any atom is 0.223 e. The molecule has 3 N–H and O–H groups in total. The van der Waals surface area contributed by atoms with Crippen LogP contribution in [-0.4, -0.2) is 12.5 Å². The van der Waals surface area contributed by atoms with Gasteiger partial charge in [0, 0.05) is 12.5 Å². The van der Waals surface area contributed by atoms with Crippen LogP contribution in [0.3, 0.4) is 0 Å². The first-order valence-corrected chi connectivity index (χ1v) is 7.14. The second-order valence-corrected chi connectivity index (χ2v) is 5.21. The van der Waals surface area contributed by atoms with Crippen molar-refractivity contribution >= 4 is 29.1 Å². The van der Waals surface area contributed by atoms with Crippen LogP contribution in [-0.2, 0) is 4.79 Å². The maximum atomic E-state index is 12.0. The van der Waals surface area contributed by atoms with Crippen molar-refractivity contribution in [3.8, 4) is 0 Å². The first-order valence-electron chi connectivity index (χ1n) is 7.14. The Morgan fingerprint density at radius 2 is 1.86 bits per heavy atom. The summed E-state index contributed by atoms with van der Waals surface area (Å²) in [5, 5.41) is 5.40. The average Bonchev–Trinajstić information content (AvgIpc) is 2.51. The van der Waals surface area contributed by atoms with Crippen LogP contribution in [0.5, 0.6) is 0 Å². The SMILES string of the molecule is CCC(C)C(=O)NC(CN)c1ccc2ccccc2c1.Cl. The summed E-state index contributed by atoms with van der Waals surface area (Å²) in [5.41, 5.74) is 6.88. The van der Waals surface area contributed by atoms with E-state index in [2.05, 4.69) is 29.6 Å². The van der Waals surface area contributed by atoms with E-state index < -0.39 is 0 Å². The number of carbonyl (C=O) groups excluding carboxylic acids is 1. The lowest BCUT2D eigenvalue weighted by Gasteiger charge is -2.20. The van der Waals surface area contributed by atoms with E-state index in [4.69, 9.17) is 5.73 Å². The van der Waals surface area contributed by atoms with Gasteiger partial charge in [-0.15, -0.1) is 12.4 Å². The van der Waals surface area contributed by atoms with Gasteiger partial charge in [-0.05, 0) is 28.8 Å². The number of benzene rings is 2. The number of hydrogen-bond acceptors (Lipinski definition) is 2. The molecule has 0 saturated heterocycles. The molecule has 114 valence electrons. The Labute approximate surface area is 132 Å². The second-order valence-electron chi connectivity index (χ2n) is 5.21. The fourth-order valence-corrected chi connectivity index (χ4v) is 2.20. The van der Waals surface area contributed by atoms with E-state index in [0.29, 0.717) is 6.54 Å². The first kappa shape index (κ1) is 17.5. The molecule has 1 amide bonds. The van der Waals surface area contributed by atoms with Crippen molar-refractivity contribution in [3.05, 3.63) is 48.0 Å². The molecule has 0 spiro atoms. The van der Waals surface area contributed by atoms with E-state index in [1.165, 1.54) is 10.8 Å². The predicted octanol–water partition coefficient (Wildman–Crippen LogP) is 3.42. The van der Waals surface area contributed by atoms with Gasteiger partial charge >= 0.3 is 0 Å². The van der Waals surface area contributed by atoms with Gasteiger partial charge in [-0.3, -0.25) is 4.79 Å². The summed E-state index contributed by atoms with van der Waals surface area (Å²) >= 11 is 0. The van der Waals surface area contributed by atoms with Crippen LogP contribution in [0.15, 0.2) is 42.5 Å². The van der Waals surface area contributed by atoms with Crippen LogP contribution < -0.4 is 11.1 Å². The molecule has 21 heavy (non-hydrogen) atoms. The molecular weight excluding hydrogens is 284 g/mol. The second kappa shape index (κ2) is 8.01. The highest BCUT2D eigenvalue weighted by Crippen LogP contribution is 2.20. The number of hydrogen-bond donors (Lipinski definition) is 2. The van der Waals surface area contributed by atoms with Gasteiger partial charge in [-0.1, -0.05) is 50.2 Å². The minimum Gasteiger partial charge on any atom is -0.348 e. The number of nitrogens with two attached hydrogens (primary N) is 1. The van der Waals surface area contributed by atoms with Gasteiger partial charge in [-0.2, -0.15) is 0 Å². The molecule has 2 unspecified atom stereocenters. The average molecular weight is 307 g/mol. The van der Waals surface area contributed by atoms with Gasteiger partial charge in [0.2, 0.25) is 5.91 Å². The van der Waals surface area contributed by atoms with E-state index in [1.807, 2.05) is 32.0 Å². The fraction of sp³-hybridized carbons (Fsp3) is 0.353. The number of halogens is 1. The summed E-state index contributed by atoms with van der Waals surface area (Å²) in [6.07, 6.45) is 0.834. The zero-order valence-electron chi connectivity index (χ0n) is 12.5.